The van der Waals surface area contributed by atoms with Gasteiger partial charge in [-0.3, -0.25) is 0 Å². The molecule has 21 heavy (non-hydrogen) atoms. The first-order chi connectivity index (χ1) is 10.2. The Labute approximate surface area is 130 Å². The van der Waals surface area contributed by atoms with Crippen molar-refractivity contribution in [2.24, 2.45) is 5.73 Å². The number of nitrogens with two attached hydrogens (primary N) is 1. The first kappa shape index (κ1) is 15.7. The number of ether oxygens (including phenoxy) is 2. The van der Waals surface area contributed by atoms with Crippen LogP contribution in [0.5, 0.6) is 11.5 Å². The van der Waals surface area contributed by atoms with E-state index in [0.717, 1.165) is 17.7 Å². The minimum Gasteiger partial charge on any atom is -0.493 e. The Bertz CT molecular complexity index is 574. The standard InChI is InChI=1S/C17H20ClNO2/c1-2-10-20-17-9-4-3-8-15(17)16(19)12-21-14-7-5-6-13(18)11-14/h3-9,11,16H,2,10,12,19H2,1H3. The van der Waals surface area contributed by atoms with Crippen LogP contribution in [0.15, 0.2) is 48.5 Å². The van der Waals surface area contributed by atoms with Gasteiger partial charge in [-0.05, 0) is 30.7 Å². The number of halogens is 1. The maximum Gasteiger partial charge on any atom is 0.124 e. The van der Waals surface area contributed by atoms with Gasteiger partial charge in [-0.15, -0.1) is 0 Å². The summed E-state index contributed by atoms with van der Waals surface area (Å²) in [5.41, 5.74) is 7.17. The highest BCUT2D eigenvalue weighted by molar-refractivity contribution is 6.30. The van der Waals surface area contributed by atoms with Crippen LogP contribution in [0, 0.1) is 0 Å². The van der Waals surface area contributed by atoms with Crippen LogP contribution in [0.1, 0.15) is 24.9 Å². The van der Waals surface area contributed by atoms with Crippen molar-refractivity contribution in [1.82, 2.24) is 0 Å². The molecular weight excluding hydrogens is 286 g/mol. The predicted molar refractivity (Wildman–Crippen MR) is 86.1 cm³/mol. The molecule has 0 aliphatic heterocycles. The van der Waals surface area contributed by atoms with E-state index in [2.05, 4.69) is 6.92 Å². The van der Waals surface area contributed by atoms with Gasteiger partial charge in [0.05, 0.1) is 12.6 Å². The van der Waals surface area contributed by atoms with Crippen molar-refractivity contribution in [3.63, 3.8) is 0 Å². The van der Waals surface area contributed by atoms with Crippen molar-refractivity contribution in [2.75, 3.05) is 13.2 Å². The van der Waals surface area contributed by atoms with E-state index in [1.54, 1.807) is 6.07 Å². The SMILES string of the molecule is CCCOc1ccccc1C(N)COc1cccc(Cl)c1. The van der Waals surface area contributed by atoms with E-state index < -0.39 is 0 Å². The Morgan fingerprint density at radius 3 is 2.67 bits per heavy atom. The van der Waals surface area contributed by atoms with Crippen LogP contribution in [-0.4, -0.2) is 13.2 Å². The second-order valence-electron chi connectivity index (χ2n) is 4.76. The molecule has 0 saturated carbocycles. The van der Waals surface area contributed by atoms with Gasteiger partial charge in [0.1, 0.15) is 18.1 Å². The second-order valence-corrected chi connectivity index (χ2v) is 5.20. The topological polar surface area (TPSA) is 44.5 Å². The molecule has 2 N–H and O–H groups in total. The molecule has 2 aromatic rings. The number of para-hydroxylation sites is 1. The van der Waals surface area contributed by atoms with Crippen molar-refractivity contribution >= 4 is 11.6 Å². The fraction of sp³-hybridized carbons (Fsp3) is 0.294. The maximum atomic E-state index is 6.22. The Hall–Kier alpha value is -1.71. The van der Waals surface area contributed by atoms with Crippen LogP contribution in [0.2, 0.25) is 5.02 Å². The molecule has 2 rings (SSSR count). The molecule has 1 atom stereocenters. The monoisotopic (exact) mass is 305 g/mol. The van der Waals surface area contributed by atoms with Crippen LogP contribution in [-0.2, 0) is 0 Å². The molecule has 0 radical (unpaired) electrons. The molecule has 0 aliphatic rings. The van der Waals surface area contributed by atoms with Crippen LogP contribution in [0.3, 0.4) is 0 Å². The highest BCUT2D eigenvalue weighted by Gasteiger charge is 2.12. The van der Waals surface area contributed by atoms with Crippen LogP contribution < -0.4 is 15.2 Å². The summed E-state index contributed by atoms with van der Waals surface area (Å²) < 4.78 is 11.4. The molecule has 0 bridgehead atoms. The largest absolute Gasteiger partial charge is 0.493 e. The third-order valence-electron chi connectivity index (χ3n) is 3.01. The smallest absolute Gasteiger partial charge is 0.124 e. The molecule has 1 unspecified atom stereocenters. The zero-order chi connectivity index (χ0) is 15.1. The Kier molecular flexibility index (Phi) is 5.90. The van der Waals surface area contributed by atoms with Crippen LogP contribution >= 0.6 is 11.6 Å². The molecule has 2 aromatic carbocycles. The van der Waals surface area contributed by atoms with Gasteiger partial charge < -0.3 is 15.2 Å². The van der Waals surface area contributed by atoms with Crippen molar-refractivity contribution in [2.45, 2.75) is 19.4 Å². The molecule has 112 valence electrons. The zero-order valence-electron chi connectivity index (χ0n) is 12.1. The summed E-state index contributed by atoms with van der Waals surface area (Å²) in [6.45, 7) is 3.12. The average Bonchev–Trinajstić information content (AvgIpc) is 2.51. The average molecular weight is 306 g/mol. The van der Waals surface area contributed by atoms with E-state index in [0.29, 0.717) is 24.0 Å². The van der Waals surface area contributed by atoms with Crippen molar-refractivity contribution in [3.8, 4) is 11.5 Å². The molecule has 0 saturated heterocycles. The van der Waals surface area contributed by atoms with Gasteiger partial charge in [-0.2, -0.15) is 0 Å². The lowest BCUT2D eigenvalue weighted by molar-refractivity contribution is 0.278. The molecule has 0 amide bonds. The molecular formula is C17H20ClNO2. The lowest BCUT2D eigenvalue weighted by Crippen LogP contribution is -2.20. The number of hydrogen-bond acceptors (Lipinski definition) is 3. The summed E-state index contributed by atoms with van der Waals surface area (Å²) >= 11 is 5.93. The minimum absolute atomic E-state index is 0.253. The van der Waals surface area contributed by atoms with E-state index in [1.807, 2.05) is 42.5 Å². The van der Waals surface area contributed by atoms with E-state index in [9.17, 15) is 0 Å². The van der Waals surface area contributed by atoms with Gasteiger partial charge in [0, 0.05) is 10.6 Å². The van der Waals surface area contributed by atoms with E-state index in [-0.39, 0.29) is 6.04 Å². The van der Waals surface area contributed by atoms with Gasteiger partial charge >= 0.3 is 0 Å². The molecule has 0 aliphatic carbocycles. The van der Waals surface area contributed by atoms with E-state index in [4.69, 9.17) is 26.8 Å². The lowest BCUT2D eigenvalue weighted by atomic mass is 10.1. The highest BCUT2D eigenvalue weighted by atomic mass is 35.5. The van der Waals surface area contributed by atoms with E-state index in [1.165, 1.54) is 0 Å². The normalized spacial score (nSPS) is 12.0. The number of benzene rings is 2. The predicted octanol–water partition coefficient (Wildman–Crippen LogP) is 4.21. The first-order valence-electron chi connectivity index (χ1n) is 7.06. The van der Waals surface area contributed by atoms with E-state index >= 15 is 0 Å². The Morgan fingerprint density at radius 2 is 1.90 bits per heavy atom. The summed E-state index contributed by atoms with van der Waals surface area (Å²) in [5, 5.41) is 0.646. The molecule has 0 fully saturated rings. The third-order valence-corrected chi connectivity index (χ3v) is 3.24. The minimum atomic E-state index is -0.253. The molecule has 4 heteroatoms. The number of hydrogen-bond donors (Lipinski definition) is 1. The summed E-state index contributed by atoms with van der Waals surface area (Å²) in [7, 11) is 0. The maximum absolute atomic E-state index is 6.22. The number of rotatable bonds is 7. The Morgan fingerprint density at radius 1 is 1.10 bits per heavy atom. The third kappa shape index (κ3) is 4.66. The van der Waals surface area contributed by atoms with Crippen LogP contribution in [0.25, 0.3) is 0 Å². The van der Waals surface area contributed by atoms with Crippen molar-refractivity contribution in [1.29, 1.82) is 0 Å². The molecule has 0 aromatic heterocycles. The summed E-state index contributed by atoms with van der Waals surface area (Å²) in [6, 6.07) is 14.8. The zero-order valence-corrected chi connectivity index (χ0v) is 12.8. The van der Waals surface area contributed by atoms with Crippen LogP contribution in [0.4, 0.5) is 0 Å². The Balaban J connectivity index is 2.01. The van der Waals surface area contributed by atoms with Crippen molar-refractivity contribution < 1.29 is 9.47 Å². The summed E-state index contributed by atoms with van der Waals surface area (Å²) in [4.78, 5) is 0. The highest BCUT2D eigenvalue weighted by Crippen LogP contribution is 2.25. The lowest BCUT2D eigenvalue weighted by Gasteiger charge is -2.17. The fourth-order valence-corrected chi connectivity index (χ4v) is 2.14. The van der Waals surface area contributed by atoms with Gasteiger partial charge in [-0.1, -0.05) is 42.8 Å². The molecule has 0 heterocycles. The fourth-order valence-electron chi connectivity index (χ4n) is 1.96. The molecule has 3 nitrogen and oxygen atoms in total. The first-order valence-corrected chi connectivity index (χ1v) is 7.44. The summed E-state index contributed by atoms with van der Waals surface area (Å²) in [5.74, 6) is 1.53. The van der Waals surface area contributed by atoms with Gasteiger partial charge in [-0.25, -0.2) is 0 Å². The molecule has 0 spiro atoms. The van der Waals surface area contributed by atoms with Gasteiger partial charge in [0.15, 0.2) is 0 Å². The second kappa shape index (κ2) is 7.91. The quantitative estimate of drug-likeness (QED) is 0.833. The van der Waals surface area contributed by atoms with Crippen molar-refractivity contribution in [3.05, 3.63) is 59.1 Å². The van der Waals surface area contributed by atoms with Gasteiger partial charge in [0.2, 0.25) is 0 Å². The van der Waals surface area contributed by atoms with Gasteiger partial charge in [0.25, 0.3) is 0 Å². The summed E-state index contributed by atoms with van der Waals surface area (Å²) in [6.07, 6.45) is 0.961.